The van der Waals surface area contributed by atoms with E-state index in [2.05, 4.69) is 36.4 Å². The SMILES string of the molecule is CN(C)CCOC1(c2ccc(Cl)cc2)CCNCC1. The van der Waals surface area contributed by atoms with Crippen LogP contribution in [0.5, 0.6) is 0 Å². The van der Waals surface area contributed by atoms with E-state index in [9.17, 15) is 0 Å². The van der Waals surface area contributed by atoms with Crippen LogP contribution < -0.4 is 5.32 Å². The summed E-state index contributed by atoms with van der Waals surface area (Å²) in [6, 6.07) is 8.11. The van der Waals surface area contributed by atoms with E-state index in [0.717, 1.165) is 44.1 Å². The van der Waals surface area contributed by atoms with Crippen LogP contribution in [0.1, 0.15) is 18.4 Å². The average Bonchev–Trinajstić information content (AvgIpc) is 2.40. The van der Waals surface area contributed by atoms with Crippen molar-refractivity contribution in [1.82, 2.24) is 10.2 Å². The second-order valence-corrected chi connectivity index (χ2v) is 5.84. The number of hydrogen-bond acceptors (Lipinski definition) is 3. The van der Waals surface area contributed by atoms with E-state index < -0.39 is 0 Å². The molecule has 0 spiro atoms. The molecule has 0 radical (unpaired) electrons. The predicted molar refractivity (Wildman–Crippen MR) is 79.7 cm³/mol. The highest BCUT2D eigenvalue weighted by Gasteiger charge is 2.34. The molecule has 1 saturated heterocycles. The number of benzene rings is 1. The van der Waals surface area contributed by atoms with Gasteiger partial charge in [0.05, 0.1) is 12.2 Å². The Morgan fingerprint density at radius 2 is 1.84 bits per heavy atom. The Hall–Kier alpha value is -0.610. The summed E-state index contributed by atoms with van der Waals surface area (Å²) in [5.41, 5.74) is 1.10. The van der Waals surface area contributed by atoms with Gasteiger partial charge in [-0.05, 0) is 57.7 Å². The molecule has 3 nitrogen and oxygen atoms in total. The molecular weight excluding hydrogens is 260 g/mol. The highest BCUT2D eigenvalue weighted by molar-refractivity contribution is 6.30. The Bertz CT molecular complexity index is 386. The minimum atomic E-state index is -0.147. The maximum atomic E-state index is 6.28. The Morgan fingerprint density at radius 1 is 1.21 bits per heavy atom. The molecule has 0 saturated carbocycles. The van der Waals surface area contributed by atoms with E-state index in [1.54, 1.807) is 0 Å². The molecule has 1 N–H and O–H groups in total. The van der Waals surface area contributed by atoms with Gasteiger partial charge in [-0.3, -0.25) is 0 Å². The molecule has 1 aromatic rings. The Kier molecular flexibility index (Phi) is 5.22. The van der Waals surface area contributed by atoms with Crippen molar-refractivity contribution in [3.05, 3.63) is 34.9 Å². The zero-order valence-electron chi connectivity index (χ0n) is 11.8. The third-order valence-electron chi connectivity index (χ3n) is 3.70. The molecule has 1 aromatic carbocycles. The zero-order chi connectivity index (χ0) is 13.7. The quantitative estimate of drug-likeness (QED) is 0.898. The lowest BCUT2D eigenvalue weighted by Gasteiger charge is -2.38. The maximum absolute atomic E-state index is 6.28. The Morgan fingerprint density at radius 3 is 2.42 bits per heavy atom. The van der Waals surface area contributed by atoms with Crippen LogP contribution in [0, 0.1) is 0 Å². The third-order valence-corrected chi connectivity index (χ3v) is 3.95. The first kappa shape index (κ1) is 14.8. The minimum Gasteiger partial charge on any atom is -0.369 e. The van der Waals surface area contributed by atoms with E-state index in [1.165, 1.54) is 5.56 Å². The summed E-state index contributed by atoms with van der Waals surface area (Å²) in [7, 11) is 4.14. The molecular formula is C15H23ClN2O. The second-order valence-electron chi connectivity index (χ2n) is 5.40. The molecule has 2 rings (SSSR count). The van der Waals surface area contributed by atoms with Gasteiger partial charge in [-0.1, -0.05) is 23.7 Å². The van der Waals surface area contributed by atoms with Crippen molar-refractivity contribution in [2.45, 2.75) is 18.4 Å². The summed E-state index contributed by atoms with van der Waals surface area (Å²) >= 11 is 5.98. The third kappa shape index (κ3) is 3.93. The molecule has 4 heteroatoms. The molecule has 0 aromatic heterocycles. The number of piperidine rings is 1. The second kappa shape index (κ2) is 6.71. The van der Waals surface area contributed by atoms with Crippen molar-refractivity contribution >= 4 is 11.6 Å². The van der Waals surface area contributed by atoms with Crippen LogP contribution in [0.15, 0.2) is 24.3 Å². The molecule has 0 unspecified atom stereocenters. The summed E-state index contributed by atoms with van der Waals surface area (Å²) in [6.07, 6.45) is 2.03. The van der Waals surface area contributed by atoms with Gasteiger partial charge in [-0.15, -0.1) is 0 Å². The van der Waals surface area contributed by atoms with Crippen molar-refractivity contribution in [2.24, 2.45) is 0 Å². The lowest BCUT2D eigenvalue weighted by atomic mass is 9.85. The lowest BCUT2D eigenvalue weighted by Crippen LogP contribution is -2.42. The van der Waals surface area contributed by atoms with Crippen molar-refractivity contribution in [1.29, 1.82) is 0 Å². The summed E-state index contributed by atoms with van der Waals surface area (Å²) in [6.45, 7) is 3.72. The topological polar surface area (TPSA) is 24.5 Å². The molecule has 0 atom stereocenters. The molecule has 1 aliphatic heterocycles. The first-order chi connectivity index (χ1) is 9.12. The number of nitrogens with one attached hydrogen (secondary N) is 1. The molecule has 0 bridgehead atoms. The number of rotatable bonds is 5. The number of halogens is 1. The van der Waals surface area contributed by atoms with Crippen LogP contribution in [0.2, 0.25) is 5.02 Å². The monoisotopic (exact) mass is 282 g/mol. The molecule has 1 aliphatic rings. The van der Waals surface area contributed by atoms with E-state index in [0.29, 0.717) is 0 Å². The van der Waals surface area contributed by atoms with Crippen molar-refractivity contribution in [3.8, 4) is 0 Å². The minimum absolute atomic E-state index is 0.147. The first-order valence-corrected chi connectivity index (χ1v) is 7.26. The smallest absolute Gasteiger partial charge is 0.0956 e. The van der Waals surface area contributed by atoms with Crippen LogP contribution in [0.4, 0.5) is 0 Å². The van der Waals surface area contributed by atoms with Crippen LogP contribution >= 0.6 is 11.6 Å². The van der Waals surface area contributed by atoms with Gasteiger partial charge in [0.2, 0.25) is 0 Å². The number of likely N-dealkylation sites (N-methyl/N-ethyl adjacent to an activating group) is 1. The summed E-state index contributed by atoms with van der Waals surface area (Å²) in [5, 5.41) is 4.18. The molecule has 1 fully saturated rings. The van der Waals surface area contributed by atoms with E-state index in [4.69, 9.17) is 16.3 Å². The fourth-order valence-corrected chi connectivity index (χ4v) is 2.65. The fraction of sp³-hybridized carbons (Fsp3) is 0.600. The van der Waals surface area contributed by atoms with Crippen LogP contribution in [-0.2, 0) is 10.3 Å². The Labute approximate surface area is 120 Å². The van der Waals surface area contributed by atoms with Gasteiger partial charge in [-0.2, -0.15) is 0 Å². The maximum Gasteiger partial charge on any atom is 0.0956 e. The number of ether oxygens (including phenoxy) is 1. The summed E-state index contributed by atoms with van der Waals surface area (Å²) in [4.78, 5) is 2.15. The largest absolute Gasteiger partial charge is 0.369 e. The summed E-state index contributed by atoms with van der Waals surface area (Å²) < 4.78 is 6.28. The fourth-order valence-electron chi connectivity index (χ4n) is 2.52. The molecule has 1 heterocycles. The van der Waals surface area contributed by atoms with Gasteiger partial charge >= 0.3 is 0 Å². The van der Waals surface area contributed by atoms with Crippen molar-refractivity contribution in [2.75, 3.05) is 40.3 Å². The van der Waals surface area contributed by atoms with E-state index in [-0.39, 0.29) is 5.60 Å². The molecule has 106 valence electrons. The lowest BCUT2D eigenvalue weighted by molar-refractivity contribution is -0.0747. The van der Waals surface area contributed by atoms with Crippen molar-refractivity contribution < 1.29 is 4.74 Å². The van der Waals surface area contributed by atoms with Crippen LogP contribution in [0.3, 0.4) is 0 Å². The van der Waals surface area contributed by atoms with Gasteiger partial charge in [0.1, 0.15) is 0 Å². The summed E-state index contributed by atoms with van der Waals surface area (Å²) in [5.74, 6) is 0. The Balaban J connectivity index is 2.11. The normalized spacial score (nSPS) is 18.7. The molecule has 0 amide bonds. The van der Waals surface area contributed by atoms with E-state index in [1.807, 2.05) is 12.1 Å². The predicted octanol–water partition coefficient (Wildman–Crippen LogP) is 2.50. The van der Waals surface area contributed by atoms with Gasteiger partial charge in [0.25, 0.3) is 0 Å². The van der Waals surface area contributed by atoms with Gasteiger partial charge in [0, 0.05) is 11.6 Å². The van der Waals surface area contributed by atoms with E-state index >= 15 is 0 Å². The highest BCUT2D eigenvalue weighted by Crippen LogP contribution is 2.35. The van der Waals surface area contributed by atoms with Gasteiger partial charge in [-0.25, -0.2) is 0 Å². The van der Waals surface area contributed by atoms with Crippen molar-refractivity contribution in [3.63, 3.8) is 0 Å². The standard InChI is InChI=1S/C15H23ClN2O/c1-18(2)11-12-19-15(7-9-17-10-8-15)13-3-5-14(16)6-4-13/h3-6,17H,7-12H2,1-2H3. The average molecular weight is 283 g/mol. The van der Waals surface area contributed by atoms with Crippen LogP contribution in [-0.4, -0.2) is 45.2 Å². The zero-order valence-corrected chi connectivity index (χ0v) is 12.5. The number of hydrogen-bond donors (Lipinski definition) is 1. The van der Waals surface area contributed by atoms with Crippen LogP contribution in [0.25, 0.3) is 0 Å². The number of nitrogens with zero attached hydrogens (tertiary/aromatic N) is 1. The first-order valence-electron chi connectivity index (χ1n) is 6.88. The molecule has 0 aliphatic carbocycles. The van der Waals surface area contributed by atoms with Gasteiger partial charge in [0.15, 0.2) is 0 Å². The highest BCUT2D eigenvalue weighted by atomic mass is 35.5. The van der Waals surface area contributed by atoms with Gasteiger partial charge < -0.3 is 15.0 Å². The molecule has 19 heavy (non-hydrogen) atoms.